The van der Waals surface area contributed by atoms with Gasteiger partial charge in [0, 0.05) is 35.4 Å². The number of rotatable bonds is 5. The quantitative estimate of drug-likeness (QED) is 0.795. The summed E-state index contributed by atoms with van der Waals surface area (Å²) in [5.74, 6) is -0.0807. The number of thiophene rings is 1. The van der Waals surface area contributed by atoms with E-state index in [2.05, 4.69) is 15.6 Å². The largest absolute Gasteiger partial charge is 0.366 e. The van der Waals surface area contributed by atoms with Gasteiger partial charge < -0.3 is 15.6 Å². The van der Waals surface area contributed by atoms with Gasteiger partial charge >= 0.3 is 0 Å². The first-order valence-corrected chi connectivity index (χ1v) is 7.19. The average Bonchev–Trinajstić information content (AvgIpc) is 3.03. The molecule has 2 heterocycles. The van der Waals surface area contributed by atoms with Crippen molar-refractivity contribution >= 4 is 28.8 Å². The number of amides is 1. The van der Waals surface area contributed by atoms with Crippen molar-refractivity contribution in [2.24, 2.45) is 0 Å². The Bertz CT molecular complexity index is 564. The Morgan fingerprint density at radius 3 is 2.89 bits per heavy atom. The van der Waals surface area contributed by atoms with Gasteiger partial charge in [0.15, 0.2) is 0 Å². The Morgan fingerprint density at radius 1 is 1.47 bits per heavy atom. The summed E-state index contributed by atoms with van der Waals surface area (Å²) in [4.78, 5) is 16.1. The number of aromatic nitrogens is 1. The van der Waals surface area contributed by atoms with Crippen LogP contribution < -0.4 is 10.6 Å². The molecule has 1 atom stereocenters. The maximum Gasteiger partial charge on any atom is 0.253 e. The van der Waals surface area contributed by atoms with E-state index in [4.69, 9.17) is 11.6 Å². The molecule has 0 bridgehead atoms. The van der Waals surface area contributed by atoms with E-state index in [0.29, 0.717) is 16.4 Å². The van der Waals surface area contributed by atoms with Crippen LogP contribution in [0.15, 0.2) is 24.5 Å². The summed E-state index contributed by atoms with van der Waals surface area (Å²) in [5.41, 5.74) is 1.52. The zero-order valence-corrected chi connectivity index (χ0v) is 12.4. The fraction of sp³-hybridized carbons (Fsp3) is 0.308. The Morgan fingerprint density at radius 2 is 2.26 bits per heavy atom. The third-order valence-corrected chi connectivity index (χ3v) is 4.15. The lowest BCUT2D eigenvalue weighted by Crippen LogP contribution is -2.37. The minimum atomic E-state index is -0.0807. The van der Waals surface area contributed by atoms with Crippen LogP contribution in [0, 0.1) is 0 Å². The number of carbonyl (C=O) groups excluding carboxylic acids is 1. The van der Waals surface area contributed by atoms with E-state index >= 15 is 0 Å². The highest BCUT2D eigenvalue weighted by Gasteiger charge is 2.15. The standard InChI is InChI=1S/C13H16ClN3OS/c1-8(15-2)5-17-13(18)10-7-16-6-9(10)11-3-4-12(14)19-11/h3-4,6-8,15-16H,5H2,1-2H3,(H,17,18). The van der Waals surface area contributed by atoms with Crippen molar-refractivity contribution in [2.75, 3.05) is 13.6 Å². The number of hydrogen-bond donors (Lipinski definition) is 3. The first kappa shape index (κ1) is 14.1. The highest BCUT2D eigenvalue weighted by Crippen LogP contribution is 2.32. The average molecular weight is 298 g/mol. The van der Waals surface area contributed by atoms with Crippen LogP contribution in [-0.2, 0) is 0 Å². The lowest BCUT2D eigenvalue weighted by atomic mass is 10.1. The van der Waals surface area contributed by atoms with E-state index in [1.165, 1.54) is 11.3 Å². The lowest BCUT2D eigenvalue weighted by molar-refractivity contribution is 0.0951. The molecule has 0 spiro atoms. The number of H-pyrrole nitrogens is 1. The second-order valence-electron chi connectivity index (χ2n) is 4.29. The number of likely N-dealkylation sites (N-methyl/N-ethyl adjacent to an activating group) is 1. The second-order valence-corrected chi connectivity index (χ2v) is 6.00. The molecule has 0 aliphatic heterocycles. The van der Waals surface area contributed by atoms with Crippen molar-refractivity contribution in [1.29, 1.82) is 0 Å². The topological polar surface area (TPSA) is 56.9 Å². The predicted octanol–water partition coefficient (Wildman–Crippen LogP) is 2.73. The fourth-order valence-corrected chi connectivity index (χ4v) is 2.73. The molecule has 1 unspecified atom stereocenters. The van der Waals surface area contributed by atoms with Crippen LogP contribution in [-0.4, -0.2) is 30.5 Å². The number of carbonyl (C=O) groups is 1. The molecule has 4 nitrogen and oxygen atoms in total. The van der Waals surface area contributed by atoms with E-state index in [1.54, 1.807) is 6.20 Å². The highest BCUT2D eigenvalue weighted by molar-refractivity contribution is 7.19. The zero-order chi connectivity index (χ0) is 13.8. The van der Waals surface area contributed by atoms with Gasteiger partial charge in [-0.25, -0.2) is 0 Å². The minimum Gasteiger partial charge on any atom is -0.366 e. The highest BCUT2D eigenvalue weighted by atomic mass is 35.5. The molecular weight excluding hydrogens is 282 g/mol. The first-order valence-electron chi connectivity index (χ1n) is 5.99. The second kappa shape index (κ2) is 6.23. The molecule has 1 amide bonds. The zero-order valence-electron chi connectivity index (χ0n) is 10.8. The van der Waals surface area contributed by atoms with Crippen LogP contribution >= 0.6 is 22.9 Å². The summed E-state index contributed by atoms with van der Waals surface area (Å²) in [6, 6.07) is 3.99. The third-order valence-electron chi connectivity index (χ3n) is 2.89. The van der Waals surface area contributed by atoms with E-state index in [9.17, 15) is 4.79 Å². The van der Waals surface area contributed by atoms with Gasteiger partial charge in [0.1, 0.15) is 0 Å². The molecule has 0 aromatic carbocycles. The molecule has 0 radical (unpaired) electrons. The van der Waals surface area contributed by atoms with E-state index in [-0.39, 0.29) is 11.9 Å². The number of halogens is 1. The van der Waals surface area contributed by atoms with Crippen molar-refractivity contribution in [3.8, 4) is 10.4 Å². The molecule has 3 N–H and O–H groups in total. The number of nitrogens with one attached hydrogen (secondary N) is 3. The summed E-state index contributed by atoms with van der Waals surface area (Å²) in [6.45, 7) is 2.60. The molecule has 0 saturated heterocycles. The minimum absolute atomic E-state index is 0.0807. The lowest BCUT2D eigenvalue weighted by Gasteiger charge is -2.11. The Labute approximate surface area is 121 Å². The molecule has 0 saturated carbocycles. The molecule has 0 fully saturated rings. The van der Waals surface area contributed by atoms with Gasteiger partial charge in [0.2, 0.25) is 0 Å². The normalized spacial score (nSPS) is 12.4. The van der Waals surface area contributed by atoms with Gasteiger partial charge in [-0.05, 0) is 26.1 Å². The van der Waals surface area contributed by atoms with Gasteiger partial charge in [0.05, 0.1) is 9.90 Å². The number of hydrogen-bond acceptors (Lipinski definition) is 3. The van der Waals surface area contributed by atoms with Crippen molar-refractivity contribution in [2.45, 2.75) is 13.0 Å². The molecule has 19 heavy (non-hydrogen) atoms. The van der Waals surface area contributed by atoms with Crippen LogP contribution in [0.5, 0.6) is 0 Å². The van der Waals surface area contributed by atoms with Crippen molar-refractivity contribution in [1.82, 2.24) is 15.6 Å². The van der Waals surface area contributed by atoms with Crippen molar-refractivity contribution < 1.29 is 4.79 Å². The summed E-state index contributed by atoms with van der Waals surface area (Å²) < 4.78 is 0.714. The Hall–Kier alpha value is -1.30. The summed E-state index contributed by atoms with van der Waals surface area (Å²) >= 11 is 7.39. The molecule has 0 aliphatic rings. The predicted molar refractivity (Wildman–Crippen MR) is 80.0 cm³/mol. The monoisotopic (exact) mass is 297 g/mol. The fourth-order valence-electron chi connectivity index (χ4n) is 1.66. The van der Waals surface area contributed by atoms with Gasteiger partial charge in [-0.1, -0.05) is 11.6 Å². The van der Waals surface area contributed by atoms with Crippen LogP contribution in [0.3, 0.4) is 0 Å². The van der Waals surface area contributed by atoms with E-state index in [1.807, 2.05) is 32.3 Å². The van der Waals surface area contributed by atoms with E-state index in [0.717, 1.165) is 10.4 Å². The number of aromatic amines is 1. The maximum atomic E-state index is 12.1. The van der Waals surface area contributed by atoms with Crippen LogP contribution in [0.25, 0.3) is 10.4 Å². The molecule has 2 aromatic rings. The van der Waals surface area contributed by atoms with Gasteiger partial charge in [0.25, 0.3) is 5.91 Å². The van der Waals surface area contributed by atoms with Gasteiger partial charge in [-0.15, -0.1) is 11.3 Å². The molecule has 102 valence electrons. The molecule has 0 aliphatic carbocycles. The smallest absolute Gasteiger partial charge is 0.253 e. The Kier molecular flexibility index (Phi) is 4.63. The molecule has 6 heteroatoms. The molecule has 2 rings (SSSR count). The maximum absolute atomic E-state index is 12.1. The van der Waals surface area contributed by atoms with Crippen molar-refractivity contribution in [3.63, 3.8) is 0 Å². The molecule has 2 aromatic heterocycles. The summed E-state index contributed by atoms with van der Waals surface area (Å²) in [6.07, 6.45) is 3.53. The third kappa shape index (κ3) is 3.37. The van der Waals surface area contributed by atoms with E-state index < -0.39 is 0 Å². The summed E-state index contributed by atoms with van der Waals surface area (Å²) in [5, 5.41) is 5.98. The van der Waals surface area contributed by atoms with Crippen LogP contribution in [0.1, 0.15) is 17.3 Å². The molecular formula is C13H16ClN3OS. The van der Waals surface area contributed by atoms with Gasteiger partial charge in [-0.3, -0.25) is 4.79 Å². The van der Waals surface area contributed by atoms with Gasteiger partial charge in [-0.2, -0.15) is 0 Å². The van der Waals surface area contributed by atoms with Crippen LogP contribution in [0.2, 0.25) is 4.34 Å². The summed E-state index contributed by atoms with van der Waals surface area (Å²) in [7, 11) is 1.87. The Balaban J connectivity index is 2.13. The van der Waals surface area contributed by atoms with Crippen LogP contribution in [0.4, 0.5) is 0 Å². The van der Waals surface area contributed by atoms with Crippen molar-refractivity contribution in [3.05, 3.63) is 34.4 Å². The SMILES string of the molecule is CNC(C)CNC(=O)c1c[nH]cc1-c1ccc(Cl)s1. The first-order chi connectivity index (χ1) is 9.11.